The average Bonchev–Trinajstić information content (AvgIpc) is 3.09. The van der Waals surface area contributed by atoms with E-state index in [1.54, 1.807) is 31.2 Å². The zero-order chi connectivity index (χ0) is 14.0. The van der Waals surface area contributed by atoms with Gasteiger partial charge in [0, 0.05) is 10.7 Å². The maximum absolute atomic E-state index is 11.8. The van der Waals surface area contributed by atoms with Crippen LogP contribution in [0.5, 0.6) is 0 Å². The Balaban J connectivity index is 1.85. The Morgan fingerprint density at radius 2 is 1.95 bits per heavy atom. The number of esters is 1. The predicted octanol–water partition coefficient (Wildman–Crippen LogP) is 2.87. The molecule has 1 saturated carbocycles. The topological polar surface area (TPSA) is 55.4 Å². The number of benzene rings is 1. The first-order valence-electron chi connectivity index (χ1n) is 6.24. The van der Waals surface area contributed by atoms with Gasteiger partial charge in [-0.3, -0.25) is 9.59 Å². The van der Waals surface area contributed by atoms with Crippen molar-refractivity contribution in [3.63, 3.8) is 0 Å². The van der Waals surface area contributed by atoms with Crippen molar-refractivity contribution in [1.82, 2.24) is 0 Å². The Labute approximate surface area is 117 Å². The molecule has 1 aromatic rings. The van der Waals surface area contributed by atoms with E-state index in [1.807, 2.05) is 6.92 Å². The molecule has 5 heteroatoms. The van der Waals surface area contributed by atoms with Gasteiger partial charge in [-0.15, -0.1) is 0 Å². The summed E-state index contributed by atoms with van der Waals surface area (Å²) in [5.41, 5.74) is 0.622. The molecule has 1 aromatic carbocycles. The molecule has 0 aromatic heterocycles. The monoisotopic (exact) mass is 281 g/mol. The lowest BCUT2D eigenvalue weighted by atomic mass is 10.3. The number of carbonyl (C=O) groups is 2. The zero-order valence-corrected chi connectivity index (χ0v) is 11.6. The van der Waals surface area contributed by atoms with Crippen molar-refractivity contribution >= 4 is 29.2 Å². The molecule has 0 heterocycles. The van der Waals surface area contributed by atoms with E-state index in [0.717, 1.165) is 6.42 Å². The van der Waals surface area contributed by atoms with Crippen LogP contribution in [0, 0.1) is 11.8 Å². The number of anilines is 1. The normalized spacial score (nSPS) is 22.5. The number of halogens is 1. The minimum atomic E-state index is -0.795. The second-order valence-electron chi connectivity index (χ2n) is 4.89. The highest BCUT2D eigenvalue weighted by molar-refractivity contribution is 6.30. The largest absolute Gasteiger partial charge is 0.452 e. The summed E-state index contributed by atoms with van der Waals surface area (Å²) in [5, 5.41) is 3.27. The standard InChI is InChI=1S/C14H16ClNO3/c1-8-7-12(8)14(18)19-9(2)13(17)16-11-5-3-10(15)4-6-11/h3-6,8-9,12H,7H2,1-2H3,(H,16,17)/t8-,9-,12+/m0/s1. The molecule has 0 unspecified atom stereocenters. The SMILES string of the molecule is C[C@H](OC(=O)[C@@H]1C[C@@H]1C)C(=O)Nc1ccc(Cl)cc1. The lowest BCUT2D eigenvalue weighted by molar-refractivity contribution is -0.154. The second kappa shape index (κ2) is 5.61. The molecule has 1 aliphatic rings. The molecule has 0 radical (unpaired) electrons. The van der Waals surface area contributed by atoms with Gasteiger partial charge in [0.15, 0.2) is 6.10 Å². The fourth-order valence-electron chi connectivity index (χ4n) is 1.74. The van der Waals surface area contributed by atoms with Gasteiger partial charge in [-0.1, -0.05) is 18.5 Å². The molecule has 1 fully saturated rings. The van der Waals surface area contributed by atoms with Crippen molar-refractivity contribution in [3.05, 3.63) is 29.3 Å². The third-order valence-electron chi connectivity index (χ3n) is 3.19. The van der Waals surface area contributed by atoms with Crippen LogP contribution in [0.2, 0.25) is 5.02 Å². The van der Waals surface area contributed by atoms with Crippen LogP contribution in [-0.4, -0.2) is 18.0 Å². The van der Waals surface area contributed by atoms with Crippen molar-refractivity contribution in [2.24, 2.45) is 11.8 Å². The fourth-order valence-corrected chi connectivity index (χ4v) is 1.87. The number of nitrogens with one attached hydrogen (secondary N) is 1. The van der Waals surface area contributed by atoms with Gasteiger partial charge in [0.05, 0.1) is 5.92 Å². The first-order chi connectivity index (χ1) is 8.97. The molecule has 0 saturated heterocycles. The van der Waals surface area contributed by atoms with E-state index >= 15 is 0 Å². The van der Waals surface area contributed by atoms with Crippen LogP contribution >= 0.6 is 11.6 Å². The van der Waals surface area contributed by atoms with Crippen LogP contribution in [-0.2, 0) is 14.3 Å². The molecule has 19 heavy (non-hydrogen) atoms. The van der Waals surface area contributed by atoms with E-state index in [0.29, 0.717) is 16.6 Å². The number of hydrogen-bond acceptors (Lipinski definition) is 3. The summed E-state index contributed by atoms with van der Waals surface area (Å²) in [4.78, 5) is 23.4. The molecule has 0 aliphatic heterocycles. The van der Waals surface area contributed by atoms with Crippen LogP contribution in [0.4, 0.5) is 5.69 Å². The Morgan fingerprint density at radius 3 is 2.47 bits per heavy atom. The van der Waals surface area contributed by atoms with Gasteiger partial charge in [-0.2, -0.15) is 0 Å². The van der Waals surface area contributed by atoms with Crippen LogP contribution in [0.1, 0.15) is 20.3 Å². The van der Waals surface area contributed by atoms with E-state index < -0.39 is 6.10 Å². The molecule has 4 nitrogen and oxygen atoms in total. The Morgan fingerprint density at radius 1 is 1.37 bits per heavy atom. The highest BCUT2D eigenvalue weighted by Gasteiger charge is 2.41. The molecule has 102 valence electrons. The van der Waals surface area contributed by atoms with Crippen LogP contribution in [0.3, 0.4) is 0 Å². The summed E-state index contributed by atoms with van der Waals surface area (Å²) in [6, 6.07) is 6.74. The Bertz CT molecular complexity index is 486. The summed E-state index contributed by atoms with van der Waals surface area (Å²) in [6.45, 7) is 3.56. The number of rotatable bonds is 4. The molecule has 1 N–H and O–H groups in total. The summed E-state index contributed by atoms with van der Waals surface area (Å²) >= 11 is 5.75. The summed E-state index contributed by atoms with van der Waals surface area (Å²) in [6.07, 6.45) is 0.0562. The third-order valence-corrected chi connectivity index (χ3v) is 3.44. The lowest BCUT2D eigenvalue weighted by Gasteiger charge is -2.13. The lowest BCUT2D eigenvalue weighted by Crippen LogP contribution is -2.30. The van der Waals surface area contributed by atoms with Crippen LogP contribution in [0.15, 0.2) is 24.3 Å². The Kier molecular flexibility index (Phi) is 4.10. The third kappa shape index (κ3) is 3.70. The summed E-state index contributed by atoms with van der Waals surface area (Å²) in [7, 11) is 0. The van der Waals surface area contributed by atoms with Crippen molar-refractivity contribution in [1.29, 1.82) is 0 Å². The van der Waals surface area contributed by atoms with Crippen molar-refractivity contribution in [3.8, 4) is 0 Å². The zero-order valence-electron chi connectivity index (χ0n) is 10.9. The molecule has 0 bridgehead atoms. The van der Waals surface area contributed by atoms with Gasteiger partial charge >= 0.3 is 5.97 Å². The average molecular weight is 282 g/mol. The molecular formula is C14H16ClNO3. The van der Waals surface area contributed by atoms with Gasteiger partial charge < -0.3 is 10.1 Å². The smallest absolute Gasteiger partial charge is 0.309 e. The van der Waals surface area contributed by atoms with Gasteiger partial charge in [0.2, 0.25) is 0 Å². The van der Waals surface area contributed by atoms with Gasteiger partial charge in [-0.05, 0) is 43.5 Å². The molecule has 3 atom stereocenters. The van der Waals surface area contributed by atoms with Crippen molar-refractivity contribution in [2.75, 3.05) is 5.32 Å². The first kappa shape index (κ1) is 13.9. The Hall–Kier alpha value is -1.55. The van der Waals surface area contributed by atoms with Gasteiger partial charge in [0.1, 0.15) is 0 Å². The number of hydrogen-bond donors (Lipinski definition) is 1. The summed E-state index contributed by atoms with van der Waals surface area (Å²) < 4.78 is 5.13. The van der Waals surface area contributed by atoms with E-state index in [1.165, 1.54) is 0 Å². The van der Waals surface area contributed by atoms with Crippen molar-refractivity contribution < 1.29 is 14.3 Å². The highest BCUT2D eigenvalue weighted by Crippen LogP contribution is 2.38. The number of carbonyl (C=O) groups excluding carboxylic acids is 2. The molecular weight excluding hydrogens is 266 g/mol. The van der Waals surface area contributed by atoms with E-state index in [-0.39, 0.29) is 17.8 Å². The highest BCUT2D eigenvalue weighted by atomic mass is 35.5. The summed E-state index contributed by atoms with van der Waals surface area (Å²) in [5.74, 6) is -0.292. The molecule has 0 spiro atoms. The van der Waals surface area contributed by atoms with Gasteiger partial charge in [-0.25, -0.2) is 0 Å². The number of ether oxygens (including phenoxy) is 1. The van der Waals surface area contributed by atoms with Gasteiger partial charge in [0.25, 0.3) is 5.91 Å². The van der Waals surface area contributed by atoms with E-state index in [9.17, 15) is 9.59 Å². The minimum Gasteiger partial charge on any atom is -0.452 e. The van der Waals surface area contributed by atoms with E-state index in [4.69, 9.17) is 16.3 Å². The molecule has 1 amide bonds. The molecule has 2 rings (SSSR count). The first-order valence-corrected chi connectivity index (χ1v) is 6.62. The number of amides is 1. The second-order valence-corrected chi connectivity index (χ2v) is 5.33. The maximum atomic E-state index is 11.8. The van der Waals surface area contributed by atoms with Crippen molar-refractivity contribution in [2.45, 2.75) is 26.4 Å². The minimum absolute atomic E-state index is 0.0363. The quantitative estimate of drug-likeness (QED) is 0.864. The fraction of sp³-hybridized carbons (Fsp3) is 0.429. The predicted molar refractivity (Wildman–Crippen MR) is 72.9 cm³/mol. The molecule has 1 aliphatic carbocycles. The maximum Gasteiger partial charge on any atom is 0.309 e. The van der Waals surface area contributed by atoms with Crippen LogP contribution in [0.25, 0.3) is 0 Å². The van der Waals surface area contributed by atoms with E-state index in [2.05, 4.69) is 5.32 Å². The van der Waals surface area contributed by atoms with Crippen LogP contribution < -0.4 is 5.32 Å².